The molecule has 0 radical (unpaired) electrons. The van der Waals surface area contributed by atoms with E-state index in [4.69, 9.17) is 4.42 Å². The summed E-state index contributed by atoms with van der Waals surface area (Å²) in [7, 11) is 0. The van der Waals surface area contributed by atoms with Gasteiger partial charge in [0, 0.05) is 0 Å². The molecule has 0 spiro atoms. The maximum absolute atomic E-state index is 10.8. The maximum atomic E-state index is 10.8. The first-order chi connectivity index (χ1) is 7.65. The van der Waals surface area contributed by atoms with E-state index in [-0.39, 0.29) is 5.78 Å². The van der Waals surface area contributed by atoms with Crippen molar-refractivity contribution in [3.63, 3.8) is 0 Å². The Hall–Kier alpha value is -1.08. The summed E-state index contributed by atoms with van der Waals surface area (Å²) in [6.07, 6.45) is 0. The van der Waals surface area contributed by atoms with Gasteiger partial charge >= 0.3 is 0 Å². The fourth-order valence-electron chi connectivity index (χ4n) is 1.03. The molecule has 7 heteroatoms. The van der Waals surface area contributed by atoms with E-state index in [1.807, 2.05) is 0 Å². The fraction of sp³-hybridized carbons (Fsp3) is 0.222. The highest BCUT2D eigenvalue weighted by Gasteiger charge is 2.09. The summed E-state index contributed by atoms with van der Waals surface area (Å²) in [5.41, 5.74) is 0. The van der Waals surface area contributed by atoms with Crippen molar-refractivity contribution in [3.05, 3.63) is 16.8 Å². The van der Waals surface area contributed by atoms with Gasteiger partial charge in [-0.25, -0.2) is 0 Å². The average molecular weight is 302 g/mol. The summed E-state index contributed by atoms with van der Waals surface area (Å²) in [4.78, 5) is 13.8. The number of aromatic amines is 1. The lowest BCUT2D eigenvalue weighted by atomic mass is 10.4. The monoisotopic (exact) mass is 301 g/mol. The number of rotatable bonds is 4. The van der Waals surface area contributed by atoms with Crippen LogP contribution in [0.1, 0.15) is 6.92 Å². The minimum Gasteiger partial charge on any atom is -0.446 e. The first kappa shape index (κ1) is 11.4. The Morgan fingerprint density at radius 3 is 3.00 bits per heavy atom. The van der Waals surface area contributed by atoms with E-state index in [0.717, 1.165) is 0 Å². The minimum atomic E-state index is 0.101. The van der Waals surface area contributed by atoms with Crippen LogP contribution in [0.15, 0.2) is 26.4 Å². The minimum absolute atomic E-state index is 0.101. The average Bonchev–Trinajstić information content (AvgIpc) is 2.83. The summed E-state index contributed by atoms with van der Waals surface area (Å²) in [6.45, 7) is 1.54. The molecule has 16 heavy (non-hydrogen) atoms. The Morgan fingerprint density at radius 2 is 2.38 bits per heavy atom. The lowest BCUT2D eigenvalue weighted by Gasteiger charge is -1.90. The van der Waals surface area contributed by atoms with Gasteiger partial charge in [0.2, 0.25) is 0 Å². The number of ketones is 1. The molecule has 0 aliphatic carbocycles. The lowest BCUT2D eigenvalue weighted by molar-refractivity contribution is -0.114. The van der Waals surface area contributed by atoms with Crippen LogP contribution >= 0.6 is 27.7 Å². The maximum Gasteiger partial charge on any atom is 0.197 e. The van der Waals surface area contributed by atoms with E-state index < -0.39 is 0 Å². The second-order valence-corrected chi connectivity index (χ2v) is 4.82. The van der Waals surface area contributed by atoms with Crippen LogP contribution in [0.25, 0.3) is 11.6 Å². The van der Waals surface area contributed by atoms with E-state index in [9.17, 15) is 4.79 Å². The van der Waals surface area contributed by atoms with Crippen LogP contribution in [-0.4, -0.2) is 26.7 Å². The van der Waals surface area contributed by atoms with E-state index >= 15 is 0 Å². The van der Waals surface area contributed by atoms with Crippen molar-refractivity contribution in [3.8, 4) is 11.6 Å². The third-order valence-electron chi connectivity index (χ3n) is 1.68. The summed E-state index contributed by atoms with van der Waals surface area (Å²) >= 11 is 4.53. The van der Waals surface area contributed by atoms with E-state index in [1.54, 1.807) is 12.1 Å². The first-order valence-corrected chi connectivity index (χ1v) is 6.23. The topological polar surface area (TPSA) is 71.8 Å². The van der Waals surface area contributed by atoms with Crippen molar-refractivity contribution >= 4 is 33.5 Å². The number of nitrogens with zero attached hydrogens (tertiary/aromatic N) is 2. The van der Waals surface area contributed by atoms with Gasteiger partial charge in [-0.05, 0) is 35.0 Å². The van der Waals surface area contributed by atoms with Crippen molar-refractivity contribution in [1.82, 2.24) is 15.2 Å². The zero-order valence-electron chi connectivity index (χ0n) is 8.36. The van der Waals surface area contributed by atoms with Crippen molar-refractivity contribution in [2.45, 2.75) is 12.1 Å². The van der Waals surface area contributed by atoms with E-state index in [1.165, 1.54) is 18.7 Å². The third-order valence-corrected chi connectivity index (χ3v) is 3.12. The molecule has 2 aromatic rings. The van der Waals surface area contributed by atoms with Gasteiger partial charge in [-0.1, -0.05) is 11.8 Å². The zero-order valence-corrected chi connectivity index (χ0v) is 10.8. The van der Waals surface area contributed by atoms with Crippen molar-refractivity contribution in [2.24, 2.45) is 0 Å². The molecule has 0 unspecified atom stereocenters. The van der Waals surface area contributed by atoms with Crippen LogP contribution < -0.4 is 0 Å². The number of furan rings is 1. The SMILES string of the molecule is CC(=O)CSc1nnc(-c2ccc(Br)o2)[nH]1. The van der Waals surface area contributed by atoms with Crippen LogP contribution in [0.4, 0.5) is 0 Å². The number of Topliss-reactive ketones (excluding diaryl/α,β-unsaturated/α-hetero) is 1. The summed E-state index contributed by atoms with van der Waals surface area (Å²) in [5.74, 6) is 1.64. The molecule has 0 saturated heterocycles. The molecule has 0 aliphatic rings. The number of thioether (sulfide) groups is 1. The predicted octanol–water partition coefficient (Wildman–Crippen LogP) is 2.51. The smallest absolute Gasteiger partial charge is 0.197 e. The number of nitrogens with one attached hydrogen (secondary N) is 1. The Balaban J connectivity index is 2.10. The van der Waals surface area contributed by atoms with Gasteiger partial charge in [0.15, 0.2) is 21.4 Å². The van der Waals surface area contributed by atoms with Crippen LogP contribution in [0.5, 0.6) is 0 Å². The van der Waals surface area contributed by atoms with Gasteiger partial charge < -0.3 is 9.40 Å². The van der Waals surface area contributed by atoms with E-state index in [0.29, 0.717) is 27.2 Å². The Kier molecular flexibility index (Phi) is 3.45. The number of halogens is 1. The quantitative estimate of drug-likeness (QED) is 0.879. The van der Waals surface area contributed by atoms with E-state index in [2.05, 4.69) is 31.1 Å². The number of hydrogen-bond donors (Lipinski definition) is 1. The molecule has 1 N–H and O–H groups in total. The molecule has 0 fully saturated rings. The first-order valence-electron chi connectivity index (χ1n) is 4.46. The van der Waals surface area contributed by atoms with Gasteiger partial charge in [-0.2, -0.15) is 0 Å². The molecule has 0 aliphatic heterocycles. The molecule has 2 heterocycles. The highest BCUT2D eigenvalue weighted by molar-refractivity contribution is 9.10. The number of carbonyl (C=O) groups is 1. The second-order valence-electron chi connectivity index (χ2n) is 3.07. The molecular formula is C9H8BrN3O2S. The Morgan fingerprint density at radius 1 is 1.56 bits per heavy atom. The van der Waals surface area contributed by atoms with Gasteiger partial charge in [0.05, 0.1) is 5.75 Å². The fourth-order valence-corrected chi connectivity index (χ4v) is 1.95. The molecule has 0 saturated carbocycles. The van der Waals surface area contributed by atoms with Crippen LogP contribution in [0.2, 0.25) is 0 Å². The highest BCUT2D eigenvalue weighted by Crippen LogP contribution is 2.23. The lowest BCUT2D eigenvalue weighted by Crippen LogP contribution is -1.93. The summed E-state index contributed by atoms with van der Waals surface area (Å²) in [5, 5.41) is 8.44. The Bertz CT molecular complexity index is 508. The van der Waals surface area contributed by atoms with Gasteiger partial charge in [0.1, 0.15) is 5.78 Å². The standard InChI is InChI=1S/C9H8BrN3O2S/c1-5(14)4-16-9-11-8(12-13-9)6-2-3-7(10)15-6/h2-3H,4H2,1H3,(H,11,12,13). The molecule has 5 nitrogen and oxygen atoms in total. The second kappa shape index (κ2) is 4.84. The van der Waals surface area contributed by atoms with Gasteiger partial charge in [-0.15, -0.1) is 10.2 Å². The van der Waals surface area contributed by atoms with Crippen LogP contribution in [0.3, 0.4) is 0 Å². The molecule has 0 amide bonds. The summed E-state index contributed by atoms with van der Waals surface area (Å²) in [6, 6.07) is 3.56. The third kappa shape index (κ3) is 2.73. The molecule has 2 rings (SSSR count). The van der Waals surface area contributed by atoms with Crippen molar-refractivity contribution < 1.29 is 9.21 Å². The molecular weight excluding hydrogens is 294 g/mol. The molecule has 0 bridgehead atoms. The number of carbonyl (C=O) groups excluding carboxylic acids is 1. The number of hydrogen-bond acceptors (Lipinski definition) is 5. The highest BCUT2D eigenvalue weighted by atomic mass is 79.9. The number of H-pyrrole nitrogens is 1. The molecule has 0 atom stereocenters. The predicted molar refractivity (Wildman–Crippen MR) is 63.2 cm³/mol. The number of aromatic nitrogens is 3. The van der Waals surface area contributed by atoms with Crippen LogP contribution in [0, 0.1) is 0 Å². The normalized spacial score (nSPS) is 10.6. The van der Waals surface area contributed by atoms with Crippen molar-refractivity contribution in [2.75, 3.05) is 5.75 Å². The molecule has 0 aromatic carbocycles. The Labute approximate surface area is 104 Å². The van der Waals surface area contributed by atoms with Crippen molar-refractivity contribution in [1.29, 1.82) is 0 Å². The van der Waals surface area contributed by atoms with Gasteiger partial charge in [0.25, 0.3) is 0 Å². The zero-order chi connectivity index (χ0) is 11.5. The van der Waals surface area contributed by atoms with Gasteiger partial charge in [-0.3, -0.25) is 4.79 Å². The molecule has 2 aromatic heterocycles. The largest absolute Gasteiger partial charge is 0.446 e. The van der Waals surface area contributed by atoms with Crippen LogP contribution in [-0.2, 0) is 4.79 Å². The molecule has 84 valence electrons. The summed E-state index contributed by atoms with van der Waals surface area (Å²) < 4.78 is 5.95.